The van der Waals surface area contributed by atoms with Gasteiger partial charge in [-0.1, -0.05) is 30.3 Å². The summed E-state index contributed by atoms with van der Waals surface area (Å²) in [7, 11) is 0. The molecule has 0 bridgehead atoms. The standard InChI is InChI=1S/C35H42N6/c1-2-8-32-24-39-33(23-31(32)7-1)27-41(34-11-5-9-30-10-6-16-38-35(30)34)22-4-3-21-40(25-28-12-17-36-18-13-28)26-29-14-19-37-20-15-29/h1-2,6-8,10,12-20,33-34,39H,3-5,9,11,21-27H2/t33-,34+/m1/s1. The molecular weight excluding hydrogens is 504 g/mol. The van der Waals surface area contributed by atoms with E-state index in [1.807, 2.05) is 31.0 Å². The first kappa shape index (κ1) is 27.7. The van der Waals surface area contributed by atoms with Gasteiger partial charge in [-0.2, -0.15) is 0 Å². The number of fused-ring (bicyclic) bond motifs is 2. The van der Waals surface area contributed by atoms with Crippen LogP contribution < -0.4 is 5.32 Å². The fourth-order valence-corrected chi connectivity index (χ4v) is 6.61. The topological polar surface area (TPSA) is 57.2 Å². The Morgan fingerprint density at radius 2 is 1.41 bits per heavy atom. The van der Waals surface area contributed by atoms with Crippen molar-refractivity contribution < 1.29 is 0 Å². The molecule has 0 fully saturated rings. The predicted octanol–water partition coefficient (Wildman–Crippen LogP) is 5.75. The first-order valence-electron chi connectivity index (χ1n) is 15.3. The normalized spacial score (nSPS) is 18.3. The van der Waals surface area contributed by atoms with Crippen LogP contribution in [0.2, 0.25) is 0 Å². The van der Waals surface area contributed by atoms with Crippen molar-refractivity contribution in [3.05, 3.63) is 125 Å². The van der Waals surface area contributed by atoms with Crippen LogP contribution in [0.5, 0.6) is 0 Å². The summed E-state index contributed by atoms with van der Waals surface area (Å²) in [6.45, 7) is 6.05. The zero-order valence-electron chi connectivity index (χ0n) is 24.0. The van der Waals surface area contributed by atoms with Gasteiger partial charge in [0.05, 0.1) is 11.7 Å². The third-order valence-electron chi connectivity index (χ3n) is 8.71. The second-order valence-electron chi connectivity index (χ2n) is 11.6. The Morgan fingerprint density at radius 3 is 2.17 bits per heavy atom. The van der Waals surface area contributed by atoms with Crippen molar-refractivity contribution in [2.45, 2.75) is 70.2 Å². The van der Waals surface area contributed by atoms with Gasteiger partial charge in [-0.05, 0) is 110 Å². The SMILES string of the molecule is c1ccc2c(c1)CN[C@@H](CN(CCCCN(Cc1ccncc1)Cc1ccncc1)[C@H]1CCCc3cccnc31)C2. The molecule has 41 heavy (non-hydrogen) atoms. The predicted molar refractivity (Wildman–Crippen MR) is 164 cm³/mol. The molecule has 2 atom stereocenters. The number of nitrogens with zero attached hydrogens (tertiary/aromatic N) is 5. The summed E-state index contributed by atoms with van der Waals surface area (Å²) in [6.07, 6.45) is 16.6. The molecule has 0 saturated heterocycles. The van der Waals surface area contributed by atoms with Gasteiger partial charge in [-0.3, -0.25) is 24.8 Å². The Hall–Kier alpha value is -3.45. The van der Waals surface area contributed by atoms with Gasteiger partial charge in [0, 0.05) is 63.2 Å². The number of benzene rings is 1. The molecule has 0 radical (unpaired) electrons. The maximum atomic E-state index is 4.92. The molecule has 4 aromatic rings. The number of aryl methyl sites for hydroxylation is 1. The van der Waals surface area contributed by atoms with Gasteiger partial charge in [0.15, 0.2) is 0 Å². The van der Waals surface area contributed by atoms with Crippen LogP contribution in [0.3, 0.4) is 0 Å². The first-order chi connectivity index (χ1) is 20.3. The lowest BCUT2D eigenvalue weighted by atomic mass is 9.89. The third-order valence-corrected chi connectivity index (χ3v) is 8.71. The molecule has 212 valence electrons. The van der Waals surface area contributed by atoms with E-state index in [0.29, 0.717) is 12.1 Å². The Morgan fingerprint density at radius 1 is 0.732 bits per heavy atom. The lowest BCUT2D eigenvalue weighted by molar-refractivity contribution is 0.147. The monoisotopic (exact) mass is 546 g/mol. The molecule has 6 rings (SSSR count). The van der Waals surface area contributed by atoms with Crippen molar-refractivity contribution in [2.75, 3.05) is 19.6 Å². The van der Waals surface area contributed by atoms with E-state index in [4.69, 9.17) is 4.98 Å². The number of hydrogen-bond acceptors (Lipinski definition) is 6. The number of nitrogens with one attached hydrogen (secondary N) is 1. The number of aromatic nitrogens is 3. The Labute approximate surface area is 244 Å². The zero-order valence-corrected chi connectivity index (χ0v) is 24.0. The molecule has 0 spiro atoms. The molecule has 1 aliphatic heterocycles. The van der Waals surface area contributed by atoms with Crippen molar-refractivity contribution in [1.29, 1.82) is 0 Å². The summed E-state index contributed by atoms with van der Waals surface area (Å²) >= 11 is 0. The molecule has 3 aromatic heterocycles. The van der Waals surface area contributed by atoms with Crippen LogP contribution in [-0.4, -0.2) is 50.4 Å². The maximum absolute atomic E-state index is 4.92. The summed E-state index contributed by atoms with van der Waals surface area (Å²) in [5.41, 5.74) is 8.32. The molecule has 1 aliphatic carbocycles. The van der Waals surface area contributed by atoms with Gasteiger partial charge < -0.3 is 5.32 Å². The van der Waals surface area contributed by atoms with Crippen molar-refractivity contribution in [2.24, 2.45) is 0 Å². The van der Waals surface area contributed by atoms with Crippen molar-refractivity contribution in [1.82, 2.24) is 30.1 Å². The smallest absolute Gasteiger partial charge is 0.0607 e. The second kappa shape index (κ2) is 13.9. The van der Waals surface area contributed by atoms with Crippen LogP contribution in [-0.2, 0) is 32.5 Å². The molecule has 0 amide bonds. The van der Waals surface area contributed by atoms with E-state index >= 15 is 0 Å². The molecule has 0 unspecified atom stereocenters. The number of pyridine rings is 3. The van der Waals surface area contributed by atoms with Gasteiger partial charge in [-0.15, -0.1) is 0 Å². The van der Waals surface area contributed by atoms with Gasteiger partial charge in [0.2, 0.25) is 0 Å². The summed E-state index contributed by atoms with van der Waals surface area (Å²) in [4.78, 5) is 18.7. The Balaban J connectivity index is 1.12. The van der Waals surface area contributed by atoms with Gasteiger partial charge in [-0.25, -0.2) is 0 Å². The molecule has 1 aromatic carbocycles. The highest BCUT2D eigenvalue weighted by Gasteiger charge is 2.29. The van der Waals surface area contributed by atoms with Crippen molar-refractivity contribution >= 4 is 0 Å². The average molecular weight is 547 g/mol. The lowest BCUT2D eigenvalue weighted by Crippen LogP contribution is -2.46. The second-order valence-corrected chi connectivity index (χ2v) is 11.6. The summed E-state index contributed by atoms with van der Waals surface area (Å²) in [5.74, 6) is 0. The van der Waals surface area contributed by atoms with E-state index in [-0.39, 0.29) is 0 Å². The quantitative estimate of drug-likeness (QED) is 0.229. The van der Waals surface area contributed by atoms with Crippen LogP contribution in [0.15, 0.2) is 91.6 Å². The maximum Gasteiger partial charge on any atom is 0.0607 e. The molecule has 0 saturated carbocycles. The average Bonchev–Trinajstić information content (AvgIpc) is 3.03. The van der Waals surface area contributed by atoms with Crippen LogP contribution in [0, 0.1) is 0 Å². The summed E-state index contributed by atoms with van der Waals surface area (Å²) in [5, 5.41) is 3.85. The minimum absolute atomic E-state index is 0.406. The van der Waals surface area contributed by atoms with Crippen molar-refractivity contribution in [3.63, 3.8) is 0 Å². The summed E-state index contributed by atoms with van der Waals surface area (Å²) in [6, 6.07) is 22.7. The Bertz CT molecular complexity index is 1320. The molecule has 1 N–H and O–H groups in total. The minimum Gasteiger partial charge on any atom is -0.308 e. The highest BCUT2D eigenvalue weighted by molar-refractivity contribution is 5.30. The summed E-state index contributed by atoms with van der Waals surface area (Å²) < 4.78 is 0. The highest BCUT2D eigenvalue weighted by Crippen LogP contribution is 2.33. The third kappa shape index (κ3) is 7.45. The fourth-order valence-electron chi connectivity index (χ4n) is 6.61. The van der Waals surface area contributed by atoms with E-state index in [9.17, 15) is 0 Å². The van der Waals surface area contributed by atoms with E-state index < -0.39 is 0 Å². The molecule has 2 aliphatic rings. The van der Waals surface area contributed by atoms with E-state index in [2.05, 4.69) is 85.7 Å². The minimum atomic E-state index is 0.406. The van der Waals surface area contributed by atoms with E-state index in [1.165, 1.54) is 52.8 Å². The zero-order chi connectivity index (χ0) is 27.7. The van der Waals surface area contributed by atoms with Crippen LogP contribution in [0.1, 0.15) is 65.2 Å². The van der Waals surface area contributed by atoms with Gasteiger partial charge in [0.25, 0.3) is 0 Å². The number of rotatable bonds is 12. The first-order valence-corrected chi connectivity index (χ1v) is 15.3. The van der Waals surface area contributed by atoms with Gasteiger partial charge in [0.1, 0.15) is 0 Å². The largest absolute Gasteiger partial charge is 0.308 e. The number of unbranched alkanes of at least 4 members (excludes halogenated alkanes) is 1. The number of hydrogen-bond donors (Lipinski definition) is 1. The van der Waals surface area contributed by atoms with Crippen LogP contribution in [0.25, 0.3) is 0 Å². The molecular formula is C35H42N6. The van der Waals surface area contributed by atoms with E-state index in [0.717, 1.165) is 58.5 Å². The molecule has 6 heteroatoms. The fraction of sp³-hybridized carbons (Fsp3) is 0.400. The molecule has 6 nitrogen and oxygen atoms in total. The van der Waals surface area contributed by atoms with Crippen LogP contribution in [0.4, 0.5) is 0 Å². The highest BCUT2D eigenvalue weighted by atomic mass is 15.2. The lowest BCUT2D eigenvalue weighted by Gasteiger charge is -2.38. The molecule has 4 heterocycles. The Kier molecular flexibility index (Phi) is 9.42. The van der Waals surface area contributed by atoms with Crippen molar-refractivity contribution in [3.8, 4) is 0 Å². The van der Waals surface area contributed by atoms with Crippen LogP contribution >= 0.6 is 0 Å². The van der Waals surface area contributed by atoms with E-state index in [1.54, 1.807) is 0 Å². The van der Waals surface area contributed by atoms with Gasteiger partial charge >= 0.3 is 0 Å².